The molecule has 0 spiro atoms. The molecule has 9 heteroatoms. The maximum atomic E-state index is 13.3. The van der Waals surface area contributed by atoms with Crippen molar-refractivity contribution in [1.82, 2.24) is 20.0 Å². The number of nitrogens with one attached hydrogen (secondary N) is 1. The molecule has 1 aromatic carbocycles. The molecule has 0 saturated carbocycles. The highest BCUT2D eigenvalue weighted by Gasteiger charge is 2.42. The number of carbonyl (C=O) groups is 1. The van der Waals surface area contributed by atoms with Crippen LogP contribution in [0.4, 0.5) is 13.2 Å². The molecule has 0 radical (unpaired) electrons. The van der Waals surface area contributed by atoms with E-state index >= 15 is 0 Å². The average Bonchev–Trinajstić information content (AvgIpc) is 3.13. The topological polar surface area (TPSA) is 38.8 Å². The normalized spacial score (nSPS) is 23.3. The number of hydrogen-bond donors (Lipinski definition) is 1. The number of halogens is 3. The number of likely N-dealkylation sites (tertiary alicyclic amines) is 1. The molecule has 3 rings (SSSR count). The van der Waals surface area contributed by atoms with Gasteiger partial charge in [-0.05, 0) is 37.8 Å². The Hall–Kier alpha value is -1.87. The number of hydrogen-bond acceptors (Lipinski definition) is 3. The van der Waals surface area contributed by atoms with Crippen molar-refractivity contribution < 1.29 is 18.0 Å². The van der Waals surface area contributed by atoms with Crippen molar-refractivity contribution in [2.75, 3.05) is 52.9 Å². The molecule has 29 heavy (non-hydrogen) atoms. The zero-order valence-corrected chi connectivity index (χ0v) is 17.5. The van der Waals surface area contributed by atoms with Gasteiger partial charge in [0.2, 0.25) is 5.91 Å². The van der Waals surface area contributed by atoms with Crippen molar-refractivity contribution in [2.45, 2.75) is 19.0 Å². The number of alkyl halides is 3. The van der Waals surface area contributed by atoms with Gasteiger partial charge < -0.3 is 20.0 Å². The van der Waals surface area contributed by atoms with Crippen LogP contribution in [0.15, 0.2) is 24.3 Å². The van der Waals surface area contributed by atoms with Crippen LogP contribution in [0.3, 0.4) is 0 Å². The molecule has 5 nitrogen and oxygen atoms in total. The molecule has 1 N–H and O–H groups in total. The molecule has 2 heterocycles. The number of benzene rings is 1. The second kappa shape index (κ2) is 8.87. The Labute approximate surface area is 174 Å². The smallest absolute Gasteiger partial charge is 0.363 e. The first-order valence-corrected chi connectivity index (χ1v) is 10.3. The van der Waals surface area contributed by atoms with E-state index < -0.39 is 17.7 Å². The van der Waals surface area contributed by atoms with Gasteiger partial charge in [-0.2, -0.15) is 13.2 Å². The molecule has 2 saturated heterocycles. The summed E-state index contributed by atoms with van der Waals surface area (Å²) < 4.78 is 39.7. The summed E-state index contributed by atoms with van der Waals surface area (Å²) in [5.74, 6) is -0.748. The van der Waals surface area contributed by atoms with Gasteiger partial charge in [0.15, 0.2) is 5.11 Å². The van der Waals surface area contributed by atoms with Crippen molar-refractivity contribution in [3.8, 4) is 0 Å². The van der Waals surface area contributed by atoms with E-state index in [1.54, 1.807) is 6.07 Å². The number of thiocarbonyl (C=S) groups is 1. The van der Waals surface area contributed by atoms with Gasteiger partial charge in [0.1, 0.15) is 0 Å². The summed E-state index contributed by atoms with van der Waals surface area (Å²) in [6.45, 7) is 6.30. The first-order valence-electron chi connectivity index (χ1n) is 9.88. The van der Waals surface area contributed by atoms with Gasteiger partial charge >= 0.3 is 6.18 Å². The van der Waals surface area contributed by atoms with Crippen molar-refractivity contribution in [3.05, 3.63) is 35.4 Å². The van der Waals surface area contributed by atoms with E-state index in [2.05, 4.69) is 10.2 Å². The summed E-state index contributed by atoms with van der Waals surface area (Å²) in [5, 5.41) is 3.63. The lowest BCUT2D eigenvalue weighted by Gasteiger charge is -2.35. The van der Waals surface area contributed by atoms with Gasteiger partial charge in [0.05, 0.1) is 11.5 Å². The summed E-state index contributed by atoms with van der Waals surface area (Å²) >= 11 is 5.42. The van der Waals surface area contributed by atoms with Crippen molar-refractivity contribution in [2.24, 2.45) is 5.92 Å². The summed E-state index contributed by atoms with van der Waals surface area (Å²) in [7, 11) is 2.01. The predicted octanol–water partition coefficient (Wildman–Crippen LogP) is 2.39. The second-order valence-electron chi connectivity index (χ2n) is 7.71. The number of amides is 1. The van der Waals surface area contributed by atoms with Gasteiger partial charge in [0.25, 0.3) is 0 Å². The third-order valence-electron chi connectivity index (χ3n) is 5.71. The van der Waals surface area contributed by atoms with Gasteiger partial charge in [0, 0.05) is 51.7 Å². The first-order chi connectivity index (χ1) is 13.7. The zero-order chi connectivity index (χ0) is 21.2. The molecule has 0 bridgehead atoms. The number of piperazine rings is 1. The fourth-order valence-corrected chi connectivity index (χ4v) is 4.32. The standard InChI is InChI=1S/C20H27F3N4OS/c1-3-24-19(29)27-12-16(14-5-4-6-15(11-14)20(21,22)23)17(13-27)18(28)26-9-7-25(2)8-10-26/h4-6,11,16-17H,3,7-10,12-13H2,1-2H3,(H,24,29)/t16-,17+/m0/s1. The minimum Gasteiger partial charge on any atom is -0.363 e. The van der Waals surface area contributed by atoms with E-state index in [0.717, 1.165) is 19.2 Å². The Balaban J connectivity index is 1.87. The van der Waals surface area contributed by atoms with Crippen LogP contribution in [-0.4, -0.2) is 78.6 Å². The van der Waals surface area contributed by atoms with Gasteiger partial charge in [-0.15, -0.1) is 0 Å². The van der Waals surface area contributed by atoms with Gasteiger partial charge in [-0.3, -0.25) is 4.79 Å². The highest BCUT2D eigenvalue weighted by molar-refractivity contribution is 7.80. The Morgan fingerprint density at radius 2 is 1.86 bits per heavy atom. The molecule has 0 unspecified atom stereocenters. The summed E-state index contributed by atoms with van der Waals surface area (Å²) in [5.41, 5.74) is -0.150. The lowest BCUT2D eigenvalue weighted by molar-refractivity contribution is -0.137. The molecule has 0 aromatic heterocycles. The maximum absolute atomic E-state index is 13.3. The van der Waals surface area contributed by atoms with Crippen LogP contribution in [0.5, 0.6) is 0 Å². The molecular formula is C20H27F3N4OS. The highest BCUT2D eigenvalue weighted by Crippen LogP contribution is 2.37. The van der Waals surface area contributed by atoms with E-state index in [-0.39, 0.29) is 11.8 Å². The largest absolute Gasteiger partial charge is 0.416 e. The van der Waals surface area contributed by atoms with Crippen LogP contribution in [0.2, 0.25) is 0 Å². The Morgan fingerprint density at radius 1 is 1.17 bits per heavy atom. The maximum Gasteiger partial charge on any atom is 0.416 e. The average molecular weight is 429 g/mol. The molecule has 1 aromatic rings. The Kier molecular flexibility index (Phi) is 6.68. The Morgan fingerprint density at radius 3 is 2.48 bits per heavy atom. The fraction of sp³-hybridized carbons (Fsp3) is 0.600. The van der Waals surface area contributed by atoms with Crippen molar-refractivity contribution in [1.29, 1.82) is 0 Å². The molecule has 2 fully saturated rings. The summed E-state index contributed by atoms with van der Waals surface area (Å²) in [6.07, 6.45) is -4.41. The molecule has 1 amide bonds. The lowest BCUT2D eigenvalue weighted by Crippen LogP contribution is -2.50. The molecule has 2 atom stereocenters. The third-order valence-corrected chi connectivity index (χ3v) is 6.11. The quantitative estimate of drug-likeness (QED) is 0.749. The van der Waals surface area contributed by atoms with Crippen LogP contribution in [0.1, 0.15) is 24.0 Å². The number of carbonyl (C=O) groups excluding carboxylic acids is 1. The molecular weight excluding hydrogens is 401 g/mol. The minimum absolute atomic E-state index is 0.00214. The molecule has 0 aliphatic carbocycles. The zero-order valence-electron chi connectivity index (χ0n) is 16.7. The summed E-state index contributed by atoms with van der Waals surface area (Å²) in [6, 6.07) is 5.34. The third kappa shape index (κ3) is 5.01. The van der Waals surface area contributed by atoms with Crippen LogP contribution < -0.4 is 5.32 Å². The van der Waals surface area contributed by atoms with Crippen LogP contribution in [0, 0.1) is 5.92 Å². The highest BCUT2D eigenvalue weighted by atomic mass is 32.1. The van der Waals surface area contributed by atoms with Crippen LogP contribution in [0.25, 0.3) is 0 Å². The SMILES string of the molecule is CCNC(=S)N1C[C@@H](C(=O)N2CCN(C)CC2)[C@H](c2cccc(C(F)(F)F)c2)C1. The lowest BCUT2D eigenvalue weighted by atomic mass is 9.87. The van der Waals surface area contributed by atoms with Gasteiger partial charge in [-0.1, -0.05) is 18.2 Å². The number of nitrogens with zero attached hydrogens (tertiary/aromatic N) is 3. The van der Waals surface area contributed by atoms with Crippen molar-refractivity contribution in [3.63, 3.8) is 0 Å². The number of likely N-dealkylation sites (N-methyl/N-ethyl adjacent to an activating group) is 1. The first kappa shape index (κ1) is 21.8. The van der Waals surface area contributed by atoms with E-state index in [0.29, 0.717) is 43.4 Å². The Bertz CT molecular complexity index is 749. The van der Waals surface area contributed by atoms with E-state index in [1.807, 2.05) is 23.8 Å². The van der Waals surface area contributed by atoms with Crippen LogP contribution >= 0.6 is 12.2 Å². The van der Waals surface area contributed by atoms with E-state index in [1.165, 1.54) is 12.1 Å². The van der Waals surface area contributed by atoms with Crippen molar-refractivity contribution >= 4 is 23.2 Å². The molecule has 2 aliphatic heterocycles. The molecule has 2 aliphatic rings. The van der Waals surface area contributed by atoms with Crippen LogP contribution in [-0.2, 0) is 11.0 Å². The second-order valence-corrected chi connectivity index (χ2v) is 8.09. The minimum atomic E-state index is -4.41. The van der Waals surface area contributed by atoms with Gasteiger partial charge in [-0.25, -0.2) is 0 Å². The van der Waals surface area contributed by atoms with E-state index in [4.69, 9.17) is 12.2 Å². The molecule has 160 valence electrons. The number of rotatable bonds is 3. The van der Waals surface area contributed by atoms with E-state index in [9.17, 15) is 18.0 Å². The predicted molar refractivity (Wildman–Crippen MR) is 110 cm³/mol. The summed E-state index contributed by atoms with van der Waals surface area (Å²) in [4.78, 5) is 19.2. The monoisotopic (exact) mass is 428 g/mol. The fourth-order valence-electron chi connectivity index (χ4n) is 4.03.